The van der Waals surface area contributed by atoms with E-state index >= 15 is 0 Å². The van der Waals surface area contributed by atoms with Crippen LogP contribution in [-0.2, 0) is 6.54 Å². The number of carbonyl (C=O) groups excluding carboxylic acids is 1. The van der Waals surface area contributed by atoms with E-state index < -0.39 is 4.92 Å². The van der Waals surface area contributed by atoms with E-state index in [4.69, 9.17) is 0 Å². The number of amides is 1. The molecule has 7 heteroatoms. The minimum atomic E-state index is -0.486. The lowest BCUT2D eigenvalue weighted by Gasteiger charge is -2.16. The minimum absolute atomic E-state index is 0.0160. The minimum Gasteiger partial charge on any atom is -0.351 e. The highest BCUT2D eigenvalue weighted by atomic mass is 32.1. The largest absolute Gasteiger partial charge is 0.351 e. The van der Waals surface area contributed by atoms with Crippen molar-refractivity contribution in [3.05, 3.63) is 63.0 Å². The van der Waals surface area contributed by atoms with Crippen LogP contribution in [0.4, 0.5) is 5.00 Å². The van der Waals surface area contributed by atoms with Crippen molar-refractivity contribution in [3.63, 3.8) is 0 Å². The van der Waals surface area contributed by atoms with Crippen LogP contribution in [0.15, 0.2) is 42.5 Å². The van der Waals surface area contributed by atoms with Crippen LogP contribution in [0.1, 0.15) is 21.7 Å². The first-order valence-electron chi connectivity index (χ1n) is 7.31. The molecule has 1 N–H and O–H groups in total. The van der Waals surface area contributed by atoms with Crippen molar-refractivity contribution in [2.45, 2.75) is 13.0 Å². The average Bonchev–Trinajstić information content (AvgIpc) is 3.02. The highest BCUT2D eigenvalue weighted by molar-refractivity contribution is 7.17. The normalized spacial score (nSPS) is 10.7. The van der Waals surface area contributed by atoms with Gasteiger partial charge in [0.15, 0.2) is 0 Å². The van der Waals surface area contributed by atoms with Crippen molar-refractivity contribution in [2.75, 3.05) is 20.1 Å². The molecule has 6 nitrogen and oxygen atoms in total. The predicted octanol–water partition coefficient (Wildman–Crippen LogP) is 2.91. The third-order valence-corrected chi connectivity index (χ3v) is 4.33. The number of hydrogen-bond donors (Lipinski definition) is 1. The molecule has 2 aromatic rings. The molecule has 1 aromatic carbocycles. The molecule has 0 bridgehead atoms. The van der Waals surface area contributed by atoms with Crippen molar-refractivity contribution in [2.24, 2.45) is 0 Å². The Hall–Kier alpha value is -2.25. The third-order valence-electron chi connectivity index (χ3n) is 3.29. The Bertz CT molecular complexity index is 658. The van der Waals surface area contributed by atoms with Crippen LogP contribution in [0.2, 0.25) is 0 Å². The number of nitrogens with one attached hydrogen (secondary N) is 1. The first-order chi connectivity index (χ1) is 11.1. The lowest BCUT2D eigenvalue weighted by Crippen LogP contribution is -2.27. The molecule has 1 aromatic heterocycles. The zero-order chi connectivity index (χ0) is 16.7. The van der Waals surface area contributed by atoms with Gasteiger partial charge in [0.25, 0.3) is 5.91 Å². The van der Waals surface area contributed by atoms with Gasteiger partial charge in [0.1, 0.15) is 0 Å². The van der Waals surface area contributed by atoms with Crippen molar-refractivity contribution in [3.8, 4) is 0 Å². The van der Waals surface area contributed by atoms with Crippen molar-refractivity contribution in [1.82, 2.24) is 10.2 Å². The van der Waals surface area contributed by atoms with Gasteiger partial charge < -0.3 is 10.2 Å². The SMILES string of the molecule is CN(CCCNC(=O)c1ccc([N+](=O)[O-])s1)Cc1ccccc1. The van der Waals surface area contributed by atoms with E-state index in [1.165, 1.54) is 17.7 Å². The summed E-state index contributed by atoms with van der Waals surface area (Å²) in [6.07, 6.45) is 0.822. The molecule has 0 fully saturated rings. The van der Waals surface area contributed by atoms with Crippen LogP contribution in [-0.4, -0.2) is 35.9 Å². The van der Waals surface area contributed by atoms with E-state index in [2.05, 4.69) is 22.3 Å². The smallest absolute Gasteiger partial charge is 0.324 e. The molecule has 0 saturated carbocycles. The Morgan fingerprint density at radius 3 is 2.65 bits per heavy atom. The first-order valence-corrected chi connectivity index (χ1v) is 8.13. The molecule has 1 amide bonds. The second kappa shape index (κ2) is 8.40. The fraction of sp³-hybridized carbons (Fsp3) is 0.312. The van der Waals surface area contributed by atoms with Gasteiger partial charge in [0.05, 0.1) is 9.80 Å². The number of carbonyl (C=O) groups is 1. The van der Waals surface area contributed by atoms with E-state index in [1.807, 2.05) is 25.2 Å². The maximum Gasteiger partial charge on any atom is 0.324 e. The van der Waals surface area contributed by atoms with E-state index in [9.17, 15) is 14.9 Å². The summed E-state index contributed by atoms with van der Waals surface area (Å²) in [4.78, 5) is 24.6. The summed E-state index contributed by atoms with van der Waals surface area (Å²) in [7, 11) is 2.04. The number of thiophene rings is 1. The number of benzene rings is 1. The van der Waals surface area contributed by atoms with E-state index in [0.717, 1.165) is 30.8 Å². The summed E-state index contributed by atoms with van der Waals surface area (Å²) < 4.78 is 0. The zero-order valence-corrected chi connectivity index (χ0v) is 13.7. The van der Waals surface area contributed by atoms with Crippen LogP contribution >= 0.6 is 11.3 Å². The second-order valence-electron chi connectivity index (χ2n) is 5.23. The van der Waals surface area contributed by atoms with Gasteiger partial charge in [-0.3, -0.25) is 14.9 Å². The number of nitrogens with zero attached hydrogens (tertiary/aromatic N) is 2. The summed E-state index contributed by atoms with van der Waals surface area (Å²) in [5.74, 6) is -0.256. The molecule has 0 radical (unpaired) electrons. The molecule has 0 atom stereocenters. The van der Waals surface area contributed by atoms with Crippen molar-refractivity contribution < 1.29 is 9.72 Å². The monoisotopic (exact) mass is 333 g/mol. The molecule has 122 valence electrons. The Labute approximate surface area is 138 Å². The molecule has 0 aliphatic heterocycles. The van der Waals surface area contributed by atoms with Crippen LogP contribution in [0, 0.1) is 10.1 Å². The lowest BCUT2D eigenvalue weighted by molar-refractivity contribution is -0.380. The van der Waals surface area contributed by atoms with Crippen LogP contribution in [0.25, 0.3) is 0 Å². The Balaban J connectivity index is 1.68. The zero-order valence-electron chi connectivity index (χ0n) is 12.9. The van der Waals surface area contributed by atoms with E-state index in [1.54, 1.807) is 0 Å². The fourth-order valence-corrected chi connectivity index (χ4v) is 2.90. The van der Waals surface area contributed by atoms with Gasteiger partial charge in [-0.15, -0.1) is 0 Å². The molecule has 0 aliphatic rings. The van der Waals surface area contributed by atoms with Crippen LogP contribution in [0.5, 0.6) is 0 Å². The van der Waals surface area contributed by atoms with Gasteiger partial charge in [0, 0.05) is 19.2 Å². The highest BCUT2D eigenvalue weighted by Gasteiger charge is 2.14. The van der Waals surface area contributed by atoms with Gasteiger partial charge >= 0.3 is 5.00 Å². The summed E-state index contributed by atoms with van der Waals surface area (Å²) in [5, 5.41) is 13.4. The maximum absolute atomic E-state index is 11.9. The number of hydrogen-bond acceptors (Lipinski definition) is 5. The Morgan fingerprint density at radius 2 is 2.00 bits per heavy atom. The molecule has 0 unspecified atom stereocenters. The summed E-state index contributed by atoms with van der Waals surface area (Å²) in [6.45, 7) is 2.27. The average molecular weight is 333 g/mol. The van der Waals surface area contributed by atoms with Crippen molar-refractivity contribution in [1.29, 1.82) is 0 Å². The Kier molecular flexibility index (Phi) is 6.25. The standard InChI is InChI=1S/C16H19N3O3S/c1-18(12-13-6-3-2-4-7-13)11-5-10-17-16(20)14-8-9-15(23-14)19(21)22/h2-4,6-9H,5,10-12H2,1H3,(H,17,20). The molecule has 2 rings (SSSR count). The fourth-order valence-electron chi connectivity index (χ4n) is 2.16. The topological polar surface area (TPSA) is 75.5 Å². The lowest BCUT2D eigenvalue weighted by atomic mass is 10.2. The third kappa shape index (κ3) is 5.46. The quantitative estimate of drug-likeness (QED) is 0.458. The van der Waals surface area contributed by atoms with Gasteiger partial charge in [-0.2, -0.15) is 0 Å². The molecule has 0 saturated heterocycles. The van der Waals surface area contributed by atoms with Gasteiger partial charge in [-0.1, -0.05) is 41.7 Å². The molecular formula is C16H19N3O3S. The summed E-state index contributed by atoms with van der Waals surface area (Å²) >= 11 is 0.894. The van der Waals surface area contributed by atoms with Crippen molar-refractivity contribution >= 4 is 22.2 Å². The van der Waals surface area contributed by atoms with Gasteiger partial charge in [0.2, 0.25) is 0 Å². The van der Waals surface area contributed by atoms with E-state index in [0.29, 0.717) is 11.4 Å². The molecule has 23 heavy (non-hydrogen) atoms. The predicted molar refractivity (Wildman–Crippen MR) is 90.7 cm³/mol. The van der Waals surface area contributed by atoms with Gasteiger partial charge in [-0.05, 0) is 31.6 Å². The first kappa shape index (κ1) is 17.1. The van der Waals surface area contributed by atoms with Crippen LogP contribution < -0.4 is 5.32 Å². The maximum atomic E-state index is 11.9. The van der Waals surface area contributed by atoms with Crippen LogP contribution in [0.3, 0.4) is 0 Å². The van der Waals surface area contributed by atoms with Gasteiger partial charge in [-0.25, -0.2) is 0 Å². The summed E-state index contributed by atoms with van der Waals surface area (Å²) in [5.41, 5.74) is 1.25. The number of rotatable bonds is 8. The second-order valence-corrected chi connectivity index (χ2v) is 6.29. The number of nitro groups is 1. The van der Waals surface area contributed by atoms with E-state index in [-0.39, 0.29) is 10.9 Å². The molecule has 1 heterocycles. The summed E-state index contributed by atoms with van der Waals surface area (Å²) in [6, 6.07) is 13.0. The Morgan fingerprint density at radius 1 is 1.26 bits per heavy atom. The highest BCUT2D eigenvalue weighted by Crippen LogP contribution is 2.23. The molecule has 0 spiro atoms. The molecular weight excluding hydrogens is 314 g/mol. The molecule has 0 aliphatic carbocycles.